The van der Waals surface area contributed by atoms with E-state index in [1.165, 1.54) is 36.4 Å². The Kier molecular flexibility index (Phi) is 8.03. The fourth-order valence-corrected chi connectivity index (χ4v) is 2.92. The lowest BCUT2D eigenvalue weighted by molar-refractivity contribution is -0.384. The van der Waals surface area contributed by atoms with Crippen LogP contribution >= 0.6 is 0 Å². The number of hydrogen-bond acceptors (Lipinski definition) is 6. The average Bonchev–Trinajstić information content (AvgIpc) is 2.82. The van der Waals surface area contributed by atoms with Crippen LogP contribution in [0.2, 0.25) is 0 Å². The minimum atomic E-state index is -4.53. The number of anilines is 1. The molecule has 11 heteroatoms. The third kappa shape index (κ3) is 7.84. The molecule has 0 aromatic heterocycles. The summed E-state index contributed by atoms with van der Waals surface area (Å²) in [6.45, 7) is -0.0917. The molecule has 0 saturated heterocycles. The fraction of sp³-hybridized carbons (Fsp3) is 0.167. The van der Waals surface area contributed by atoms with Crippen LogP contribution in [0.3, 0.4) is 0 Å². The lowest BCUT2D eigenvalue weighted by atomic mass is 10.2. The van der Waals surface area contributed by atoms with Crippen LogP contribution in [-0.4, -0.2) is 16.8 Å². The van der Waals surface area contributed by atoms with Crippen LogP contribution in [-0.2, 0) is 27.1 Å². The smallest absolute Gasteiger partial charge is 0.416 e. The second-order valence-electron chi connectivity index (χ2n) is 7.29. The number of esters is 1. The van der Waals surface area contributed by atoms with E-state index in [2.05, 4.69) is 5.32 Å². The summed E-state index contributed by atoms with van der Waals surface area (Å²) < 4.78 is 49.0. The molecule has 0 aliphatic heterocycles. The molecular formula is C24H19F3N2O6. The van der Waals surface area contributed by atoms with Gasteiger partial charge in [0.1, 0.15) is 18.1 Å². The standard InChI is InChI=1S/C24H19F3N2O6/c25-24(26,27)17-4-2-5-18(14-17)28-22(30)11-12-23(31)34-15-16-3-1-6-21(13-16)35-20-9-7-19(8-10-20)29(32)33/h1-10,13-14H,11-12,15H2,(H,28,30). The van der Waals surface area contributed by atoms with E-state index >= 15 is 0 Å². The Balaban J connectivity index is 1.46. The zero-order valence-corrected chi connectivity index (χ0v) is 18.1. The molecule has 3 aromatic carbocycles. The number of carbonyl (C=O) groups excluding carboxylic acids is 2. The summed E-state index contributed by atoms with van der Waals surface area (Å²) in [4.78, 5) is 34.2. The lowest BCUT2D eigenvalue weighted by Crippen LogP contribution is -2.15. The van der Waals surface area contributed by atoms with Crippen molar-refractivity contribution in [2.24, 2.45) is 0 Å². The third-order valence-corrected chi connectivity index (χ3v) is 4.61. The van der Waals surface area contributed by atoms with E-state index in [9.17, 15) is 32.9 Å². The molecule has 182 valence electrons. The van der Waals surface area contributed by atoms with Crippen LogP contribution in [0.15, 0.2) is 72.8 Å². The monoisotopic (exact) mass is 488 g/mol. The number of nitrogens with zero attached hydrogens (tertiary/aromatic N) is 1. The Morgan fingerprint density at radius 1 is 0.914 bits per heavy atom. The zero-order valence-electron chi connectivity index (χ0n) is 18.1. The molecule has 1 N–H and O–H groups in total. The summed E-state index contributed by atoms with van der Waals surface area (Å²) in [5.74, 6) is -0.477. The summed E-state index contributed by atoms with van der Waals surface area (Å²) in [5, 5.41) is 13.0. The van der Waals surface area contributed by atoms with Gasteiger partial charge in [0.2, 0.25) is 5.91 Å². The fourth-order valence-electron chi connectivity index (χ4n) is 2.92. The summed E-state index contributed by atoms with van der Waals surface area (Å²) in [7, 11) is 0. The highest BCUT2D eigenvalue weighted by Gasteiger charge is 2.30. The predicted octanol–water partition coefficient (Wildman–Crippen LogP) is 5.87. The van der Waals surface area contributed by atoms with Gasteiger partial charge in [0.05, 0.1) is 16.9 Å². The summed E-state index contributed by atoms with van der Waals surface area (Å²) in [5.41, 5.74) is -0.384. The number of amides is 1. The Morgan fingerprint density at radius 2 is 1.63 bits per heavy atom. The van der Waals surface area contributed by atoms with Crippen molar-refractivity contribution < 1.29 is 37.2 Å². The molecule has 0 atom stereocenters. The van der Waals surface area contributed by atoms with Crippen LogP contribution in [0.4, 0.5) is 24.5 Å². The molecule has 0 saturated carbocycles. The highest BCUT2D eigenvalue weighted by Crippen LogP contribution is 2.30. The molecule has 3 rings (SSSR count). The minimum absolute atomic E-state index is 0.0250. The zero-order chi connectivity index (χ0) is 25.4. The van der Waals surface area contributed by atoms with Crippen molar-refractivity contribution in [3.63, 3.8) is 0 Å². The first-order valence-corrected chi connectivity index (χ1v) is 10.2. The third-order valence-electron chi connectivity index (χ3n) is 4.61. The molecule has 0 unspecified atom stereocenters. The first-order chi connectivity index (χ1) is 16.6. The highest BCUT2D eigenvalue weighted by atomic mass is 19.4. The average molecular weight is 488 g/mol. The number of nitro benzene ring substituents is 1. The number of non-ortho nitro benzene ring substituents is 1. The van der Waals surface area contributed by atoms with Crippen LogP contribution < -0.4 is 10.1 Å². The predicted molar refractivity (Wildman–Crippen MR) is 119 cm³/mol. The van der Waals surface area contributed by atoms with Crippen LogP contribution in [0, 0.1) is 10.1 Å². The van der Waals surface area contributed by atoms with Crippen molar-refractivity contribution in [2.75, 3.05) is 5.32 Å². The van der Waals surface area contributed by atoms with Crippen molar-refractivity contribution in [3.05, 3.63) is 94.0 Å². The molecule has 0 aliphatic rings. The van der Waals surface area contributed by atoms with Crippen molar-refractivity contribution in [1.29, 1.82) is 0 Å². The van der Waals surface area contributed by atoms with Gasteiger partial charge in [-0.25, -0.2) is 0 Å². The van der Waals surface area contributed by atoms with Crippen LogP contribution in [0.25, 0.3) is 0 Å². The SMILES string of the molecule is O=C(CCC(=O)OCc1cccc(Oc2ccc([N+](=O)[O-])cc2)c1)Nc1cccc(C(F)(F)F)c1. The van der Waals surface area contributed by atoms with Gasteiger partial charge in [-0.3, -0.25) is 19.7 Å². The number of hydrogen-bond donors (Lipinski definition) is 1. The Labute approximate surface area is 197 Å². The molecule has 8 nitrogen and oxygen atoms in total. The van der Waals surface area contributed by atoms with Crippen molar-refractivity contribution >= 4 is 23.3 Å². The molecule has 3 aromatic rings. The molecule has 0 fully saturated rings. The Hall–Kier alpha value is -4.41. The normalized spacial score (nSPS) is 10.9. The summed E-state index contributed by atoms with van der Waals surface area (Å²) in [6, 6.07) is 16.4. The molecule has 0 radical (unpaired) electrons. The van der Waals surface area contributed by atoms with Gasteiger partial charge in [-0.05, 0) is 48.0 Å². The van der Waals surface area contributed by atoms with Gasteiger partial charge in [-0.1, -0.05) is 18.2 Å². The van der Waals surface area contributed by atoms with E-state index in [1.54, 1.807) is 24.3 Å². The number of carbonyl (C=O) groups is 2. The maximum Gasteiger partial charge on any atom is 0.416 e. The van der Waals surface area contributed by atoms with Crippen molar-refractivity contribution in [3.8, 4) is 11.5 Å². The molecule has 0 spiro atoms. The van der Waals surface area contributed by atoms with E-state index < -0.39 is 28.5 Å². The van der Waals surface area contributed by atoms with Gasteiger partial charge in [-0.2, -0.15) is 13.2 Å². The van der Waals surface area contributed by atoms with Crippen molar-refractivity contribution in [1.82, 2.24) is 0 Å². The van der Waals surface area contributed by atoms with Gasteiger partial charge in [-0.15, -0.1) is 0 Å². The van der Waals surface area contributed by atoms with Gasteiger partial charge >= 0.3 is 12.1 Å². The lowest BCUT2D eigenvalue weighted by Gasteiger charge is -2.10. The number of rotatable bonds is 9. The number of nitro groups is 1. The van der Waals surface area contributed by atoms with E-state index in [1.807, 2.05) is 0 Å². The number of ether oxygens (including phenoxy) is 2. The molecule has 1 amide bonds. The second kappa shape index (κ2) is 11.1. The summed E-state index contributed by atoms with van der Waals surface area (Å²) >= 11 is 0. The van der Waals surface area contributed by atoms with E-state index in [0.717, 1.165) is 12.1 Å². The molecule has 0 heterocycles. The first-order valence-electron chi connectivity index (χ1n) is 10.2. The number of benzene rings is 3. The number of nitrogens with one attached hydrogen (secondary N) is 1. The van der Waals surface area contributed by atoms with E-state index in [0.29, 0.717) is 17.1 Å². The molecule has 35 heavy (non-hydrogen) atoms. The molecule has 0 aliphatic carbocycles. The number of alkyl halides is 3. The Bertz CT molecular complexity index is 1210. The molecular weight excluding hydrogens is 469 g/mol. The first kappa shape index (κ1) is 25.2. The quantitative estimate of drug-likeness (QED) is 0.229. The van der Waals surface area contributed by atoms with E-state index in [-0.39, 0.29) is 30.8 Å². The minimum Gasteiger partial charge on any atom is -0.461 e. The van der Waals surface area contributed by atoms with Crippen LogP contribution in [0.1, 0.15) is 24.0 Å². The van der Waals surface area contributed by atoms with Gasteiger partial charge in [0, 0.05) is 24.2 Å². The largest absolute Gasteiger partial charge is 0.461 e. The molecule has 0 bridgehead atoms. The summed E-state index contributed by atoms with van der Waals surface area (Å²) in [6.07, 6.45) is -5.06. The van der Waals surface area contributed by atoms with E-state index in [4.69, 9.17) is 9.47 Å². The Morgan fingerprint density at radius 3 is 2.31 bits per heavy atom. The highest BCUT2D eigenvalue weighted by molar-refractivity contribution is 5.92. The van der Waals surface area contributed by atoms with Gasteiger partial charge in [0.15, 0.2) is 0 Å². The van der Waals surface area contributed by atoms with Gasteiger partial charge < -0.3 is 14.8 Å². The van der Waals surface area contributed by atoms with Crippen LogP contribution in [0.5, 0.6) is 11.5 Å². The second-order valence-corrected chi connectivity index (χ2v) is 7.29. The maximum absolute atomic E-state index is 12.8. The van der Waals surface area contributed by atoms with Gasteiger partial charge in [0.25, 0.3) is 5.69 Å². The topological polar surface area (TPSA) is 108 Å². The maximum atomic E-state index is 12.8. The number of halogens is 3. The van der Waals surface area contributed by atoms with Crippen molar-refractivity contribution in [2.45, 2.75) is 25.6 Å².